The first-order valence-electron chi connectivity index (χ1n) is 5.77. The molecule has 1 fully saturated rings. The van der Waals surface area contributed by atoms with Crippen LogP contribution >= 0.6 is 0 Å². The van der Waals surface area contributed by atoms with Crippen LogP contribution in [0.25, 0.3) is 0 Å². The number of aliphatic hydroxyl groups excluding tert-OH is 1. The van der Waals surface area contributed by atoms with Crippen molar-refractivity contribution in [2.75, 3.05) is 13.7 Å². The summed E-state index contributed by atoms with van der Waals surface area (Å²) < 4.78 is 5.18. The van der Waals surface area contributed by atoms with Gasteiger partial charge in [-0.3, -0.25) is 4.79 Å². The third kappa shape index (κ3) is 4.08. The van der Waals surface area contributed by atoms with E-state index in [1.807, 2.05) is 6.92 Å². The SMILES string of the molecule is COC1CNC(C(=O)NC(C)CC(C)O)C1. The molecule has 0 aromatic heterocycles. The van der Waals surface area contributed by atoms with E-state index in [0.29, 0.717) is 12.8 Å². The van der Waals surface area contributed by atoms with Gasteiger partial charge in [0, 0.05) is 19.7 Å². The summed E-state index contributed by atoms with van der Waals surface area (Å²) in [6.45, 7) is 4.34. The Morgan fingerprint density at radius 1 is 1.62 bits per heavy atom. The van der Waals surface area contributed by atoms with Crippen LogP contribution in [0.2, 0.25) is 0 Å². The van der Waals surface area contributed by atoms with Gasteiger partial charge in [0.2, 0.25) is 5.91 Å². The van der Waals surface area contributed by atoms with Crippen molar-refractivity contribution in [3.8, 4) is 0 Å². The maximum atomic E-state index is 11.8. The first-order chi connectivity index (χ1) is 7.52. The van der Waals surface area contributed by atoms with Gasteiger partial charge in [-0.15, -0.1) is 0 Å². The van der Waals surface area contributed by atoms with E-state index >= 15 is 0 Å². The molecule has 5 nitrogen and oxygen atoms in total. The summed E-state index contributed by atoms with van der Waals surface area (Å²) in [6, 6.07) is -0.169. The number of carbonyl (C=O) groups is 1. The van der Waals surface area contributed by atoms with Crippen molar-refractivity contribution in [3.63, 3.8) is 0 Å². The van der Waals surface area contributed by atoms with Gasteiger partial charge in [0.15, 0.2) is 0 Å². The molecule has 4 atom stereocenters. The largest absolute Gasteiger partial charge is 0.393 e. The number of carbonyl (C=O) groups excluding carboxylic acids is 1. The Kier molecular flexibility index (Phi) is 5.18. The Bertz CT molecular complexity index is 233. The van der Waals surface area contributed by atoms with Gasteiger partial charge in [0.1, 0.15) is 0 Å². The summed E-state index contributed by atoms with van der Waals surface area (Å²) in [7, 11) is 1.66. The van der Waals surface area contributed by atoms with Crippen molar-refractivity contribution >= 4 is 5.91 Å². The van der Waals surface area contributed by atoms with Crippen molar-refractivity contribution in [2.45, 2.75) is 51.0 Å². The Morgan fingerprint density at radius 2 is 2.31 bits per heavy atom. The summed E-state index contributed by atoms with van der Waals surface area (Å²) >= 11 is 0. The highest BCUT2D eigenvalue weighted by molar-refractivity contribution is 5.82. The molecule has 1 amide bonds. The van der Waals surface area contributed by atoms with Gasteiger partial charge in [0.25, 0.3) is 0 Å². The minimum Gasteiger partial charge on any atom is -0.393 e. The molecular formula is C11H22N2O3. The number of amides is 1. The lowest BCUT2D eigenvalue weighted by molar-refractivity contribution is -0.123. The van der Waals surface area contributed by atoms with Crippen LogP contribution in [0.5, 0.6) is 0 Å². The molecule has 1 saturated heterocycles. The van der Waals surface area contributed by atoms with Crippen LogP contribution < -0.4 is 10.6 Å². The molecule has 1 heterocycles. The van der Waals surface area contributed by atoms with Crippen molar-refractivity contribution in [1.82, 2.24) is 10.6 Å². The Balaban J connectivity index is 2.30. The predicted octanol–water partition coefficient (Wildman–Crippen LogP) is -0.361. The zero-order valence-corrected chi connectivity index (χ0v) is 10.2. The second-order valence-corrected chi connectivity index (χ2v) is 4.55. The molecule has 0 spiro atoms. The first kappa shape index (κ1) is 13.4. The van der Waals surface area contributed by atoms with Crippen LogP contribution in [0.1, 0.15) is 26.7 Å². The van der Waals surface area contributed by atoms with E-state index in [9.17, 15) is 9.90 Å². The van der Waals surface area contributed by atoms with Crippen LogP contribution in [0, 0.1) is 0 Å². The number of hydrogen-bond donors (Lipinski definition) is 3. The number of ether oxygens (including phenoxy) is 1. The van der Waals surface area contributed by atoms with Crippen LogP contribution in [0.3, 0.4) is 0 Å². The normalized spacial score (nSPS) is 28.8. The van der Waals surface area contributed by atoms with Crippen LogP contribution in [-0.2, 0) is 9.53 Å². The minimum absolute atomic E-state index is 0.00380. The molecule has 3 N–H and O–H groups in total. The van der Waals surface area contributed by atoms with Gasteiger partial charge < -0.3 is 20.5 Å². The fourth-order valence-corrected chi connectivity index (χ4v) is 2.00. The number of nitrogens with one attached hydrogen (secondary N) is 2. The van der Waals surface area contributed by atoms with Crippen molar-refractivity contribution in [2.24, 2.45) is 0 Å². The van der Waals surface area contributed by atoms with E-state index < -0.39 is 6.10 Å². The highest BCUT2D eigenvalue weighted by atomic mass is 16.5. The Morgan fingerprint density at radius 3 is 2.81 bits per heavy atom. The minimum atomic E-state index is -0.390. The van der Waals surface area contributed by atoms with E-state index in [-0.39, 0.29) is 24.1 Å². The molecule has 0 aromatic carbocycles. The quantitative estimate of drug-likeness (QED) is 0.603. The van der Waals surface area contributed by atoms with Gasteiger partial charge in [-0.1, -0.05) is 0 Å². The number of methoxy groups -OCH3 is 1. The molecular weight excluding hydrogens is 208 g/mol. The number of aliphatic hydroxyl groups is 1. The molecule has 4 unspecified atom stereocenters. The van der Waals surface area contributed by atoms with Crippen LogP contribution in [0.15, 0.2) is 0 Å². The lowest BCUT2D eigenvalue weighted by Crippen LogP contribution is -2.44. The molecule has 16 heavy (non-hydrogen) atoms. The summed E-state index contributed by atoms with van der Waals surface area (Å²) in [5.41, 5.74) is 0. The summed E-state index contributed by atoms with van der Waals surface area (Å²) in [6.07, 6.45) is 1.02. The van der Waals surface area contributed by atoms with Gasteiger partial charge in [-0.2, -0.15) is 0 Å². The summed E-state index contributed by atoms with van der Waals surface area (Å²) in [5, 5.41) is 15.2. The second-order valence-electron chi connectivity index (χ2n) is 4.55. The van der Waals surface area contributed by atoms with Gasteiger partial charge in [-0.05, 0) is 26.7 Å². The third-order valence-corrected chi connectivity index (χ3v) is 2.82. The molecule has 0 saturated carbocycles. The molecule has 1 rings (SSSR count). The highest BCUT2D eigenvalue weighted by Crippen LogP contribution is 2.10. The van der Waals surface area contributed by atoms with Gasteiger partial charge >= 0.3 is 0 Å². The predicted molar refractivity (Wildman–Crippen MR) is 61.1 cm³/mol. The smallest absolute Gasteiger partial charge is 0.237 e. The van der Waals surface area contributed by atoms with Gasteiger partial charge in [0.05, 0.1) is 18.2 Å². The van der Waals surface area contributed by atoms with E-state index in [2.05, 4.69) is 10.6 Å². The molecule has 1 aliphatic heterocycles. The van der Waals surface area contributed by atoms with Crippen molar-refractivity contribution in [3.05, 3.63) is 0 Å². The van der Waals surface area contributed by atoms with Crippen molar-refractivity contribution in [1.29, 1.82) is 0 Å². The monoisotopic (exact) mass is 230 g/mol. The lowest BCUT2D eigenvalue weighted by Gasteiger charge is -2.18. The Hall–Kier alpha value is -0.650. The summed E-state index contributed by atoms with van der Waals surface area (Å²) in [4.78, 5) is 11.8. The zero-order chi connectivity index (χ0) is 12.1. The van der Waals surface area contributed by atoms with Crippen LogP contribution in [-0.4, -0.2) is 49.0 Å². The van der Waals surface area contributed by atoms with E-state index in [1.165, 1.54) is 0 Å². The number of hydrogen-bond acceptors (Lipinski definition) is 4. The van der Waals surface area contributed by atoms with E-state index in [4.69, 9.17) is 4.74 Å². The van der Waals surface area contributed by atoms with Crippen molar-refractivity contribution < 1.29 is 14.6 Å². The highest BCUT2D eigenvalue weighted by Gasteiger charge is 2.29. The molecule has 0 aromatic rings. The zero-order valence-electron chi connectivity index (χ0n) is 10.2. The molecule has 5 heteroatoms. The molecule has 0 radical (unpaired) electrons. The van der Waals surface area contributed by atoms with E-state index in [0.717, 1.165) is 6.54 Å². The topological polar surface area (TPSA) is 70.6 Å². The third-order valence-electron chi connectivity index (χ3n) is 2.82. The molecule has 0 bridgehead atoms. The molecule has 1 aliphatic rings. The van der Waals surface area contributed by atoms with Crippen LogP contribution in [0.4, 0.5) is 0 Å². The fraction of sp³-hybridized carbons (Fsp3) is 0.909. The maximum absolute atomic E-state index is 11.8. The molecule has 94 valence electrons. The lowest BCUT2D eigenvalue weighted by atomic mass is 10.1. The second kappa shape index (κ2) is 6.18. The maximum Gasteiger partial charge on any atom is 0.237 e. The fourth-order valence-electron chi connectivity index (χ4n) is 2.00. The first-order valence-corrected chi connectivity index (χ1v) is 5.77. The summed E-state index contributed by atoms with van der Waals surface area (Å²) in [5.74, 6) is -0.00676. The Labute approximate surface area is 96.6 Å². The standard InChI is InChI=1S/C11H22N2O3/c1-7(4-8(2)14)13-11(15)10-5-9(16-3)6-12-10/h7-10,12,14H,4-6H2,1-3H3,(H,13,15). The van der Waals surface area contributed by atoms with E-state index in [1.54, 1.807) is 14.0 Å². The van der Waals surface area contributed by atoms with Gasteiger partial charge in [-0.25, -0.2) is 0 Å². The molecule has 0 aliphatic carbocycles. The average molecular weight is 230 g/mol. The number of rotatable bonds is 5. The average Bonchev–Trinajstić information content (AvgIpc) is 2.64.